The second-order valence-corrected chi connectivity index (χ2v) is 6.48. The molecule has 0 amide bonds. The highest BCUT2D eigenvalue weighted by atomic mass is 19.1. The Morgan fingerprint density at radius 3 is 2.40 bits per heavy atom. The predicted molar refractivity (Wildman–Crippen MR) is 111 cm³/mol. The van der Waals surface area contributed by atoms with E-state index < -0.39 is 6.04 Å². The molecule has 6 nitrogen and oxygen atoms in total. The Labute approximate surface area is 173 Å². The highest BCUT2D eigenvalue weighted by Crippen LogP contribution is 2.35. The summed E-state index contributed by atoms with van der Waals surface area (Å²) in [5, 5.41) is 11.6. The van der Waals surface area contributed by atoms with Gasteiger partial charge in [0.15, 0.2) is 0 Å². The lowest BCUT2D eigenvalue weighted by Gasteiger charge is -2.19. The van der Waals surface area contributed by atoms with E-state index in [1.807, 2.05) is 30.3 Å². The van der Waals surface area contributed by atoms with Crippen molar-refractivity contribution >= 4 is 5.69 Å². The smallest absolute Gasteiger partial charge is 0.247 e. The standard InChI is InChI=1S/C23H20FN3O3/c1-28-16-12-13-19(20(14-16)29-2)25-21(17-10-6-7-11-18(17)24)23-27-26-22(30-23)15-8-4-3-5-9-15/h3-14,21,25H,1-2H3/t21-/m1/s1. The Morgan fingerprint density at radius 1 is 0.900 bits per heavy atom. The Kier molecular flexibility index (Phi) is 5.61. The van der Waals surface area contributed by atoms with Gasteiger partial charge < -0.3 is 19.2 Å². The van der Waals surface area contributed by atoms with E-state index in [0.717, 1.165) is 5.56 Å². The molecule has 4 aromatic rings. The largest absolute Gasteiger partial charge is 0.497 e. The quantitative estimate of drug-likeness (QED) is 0.462. The molecule has 0 aliphatic rings. The van der Waals surface area contributed by atoms with Crippen molar-refractivity contribution in [1.82, 2.24) is 10.2 Å². The van der Waals surface area contributed by atoms with Crippen LogP contribution in [0.3, 0.4) is 0 Å². The number of benzene rings is 3. The summed E-state index contributed by atoms with van der Waals surface area (Å²) in [6.07, 6.45) is 0. The number of ether oxygens (including phenoxy) is 2. The van der Waals surface area contributed by atoms with Gasteiger partial charge in [-0.2, -0.15) is 0 Å². The molecule has 1 aromatic heterocycles. The first-order chi connectivity index (χ1) is 14.7. The molecule has 1 heterocycles. The van der Waals surface area contributed by atoms with E-state index in [9.17, 15) is 4.39 Å². The van der Waals surface area contributed by atoms with Crippen LogP contribution in [0.4, 0.5) is 10.1 Å². The minimum Gasteiger partial charge on any atom is -0.497 e. The maximum atomic E-state index is 14.7. The summed E-state index contributed by atoms with van der Waals surface area (Å²) >= 11 is 0. The number of rotatable bonds is 7. The number of nitrogens with one attached hydrogen (secondary N) is 1. The molecule has 30 heavy (non-hydrogen) atoms. The normalized spacial score (nSPS) is 11.7. The third kappa shape index (κ3) is 3.96. The van der Waals surface area contributed by atoms with Crippen molar-refractivity contribution < 1.29 is 18.3 Å². The summed E-state index contributed by atoms with van der Waals surface area (Å²) in [6, 6.07) is 20.5. The minimum absolute atomic E-state index is 0.233. The first-order valence-corrected chi connectivity index (χ1v) is 9.31. The number of nitrogens with zero attached hydrogens (tertiary/aromatic N) is 2. The molecule has 152 valence electrons. The van der Waals surface area contributed by atoms with E-state index >= 15 is 0 Å². The molecule has 0 saturated carbocycles. The molecule has 7 heteroatoms. The summed E-state index contributed by atoms with van der Waals surface area (Å²) in [7, 11) is 3.13. The highest BCUT2D eigenvalue weighted by molar-refractivity contribution is 5.61. The van der Waals surface area contributed by atoms with Crippen LogP contribution in [0.5, 0.6) is 11.5 Å². The van der Waals surface area contributed by atoms with Crippen LogP contribution in [0, 0.1) is 5.82 Å². The van der Waals surface area contributed by atoms with Crippen molar-refractivity contribution in [2.75, 3.05) is 19.5 Å². The van der Waals surface area contributed by atoms with Crippen molar-refractivity contribution in [2.24, 2.45) is 0 Å². The fraction of sp³-hybridized carbons (Fsp3) is 0.130. The van der Waals surface area contributed by atoms with E-state index in [4.69, 9.17) is 13.9 Å². The fourth-order valence-electron chi connectivity index (χ4n) is 3.10. The molecule has 0 saturated heterocycles. The van der Waals surface area contributed by atoms with Crippen LogP contribution in [-0.2, 0) is 0 Å². The van der Waals surface area contributed by atoms with Gasteiger partial charge >= 0.3 is 0 Å². The molecule has 1 atom stereocenters. The summed E-state index contributed by atoms with van der Waals surface area (Å²) in [6.45, 7) is 0. The second kappa shape index (κ2) is 8.65. The predicted octanol–water partition coefficient (Wildman–Crippen LogP) is 5.09. The van der Waals surface area contributed by atoms with Gasteiger partial charge in [0.05, 0.1) is 19.9 Å². The van der Waals surface area contributed by atoms with Gasteiger partial charge in [0.2, 0.25) is 11.8 Å². The Balaban J connectivity index is 1.75. The molecule has 3 aromatic carbocycles. The summed E-state index contributed by atoms with van der Waals surface area (Å²) in [5.74, 6) is 1.39. The zero-order valence-electron chi connectivity index (χ0n) is 16.5. The number of anilines is 1. The Bertz CT molecular complexity index is 1130. The lowest BCUT2D eigenvalue weighted by atomic mass is 10.1. The van der Waals surface area contributed by atoms with E-state index in [0.29, 0.717) is 28.6 Å². The Hall–Kier alpha value is -3.87. The van der Waals surface area contributed by atoms with Crippen LogP contribution >= 0.6 is 0 Å². The van der Waals surface area contributed by atoms with Gasteiger partial charge in [0.25, 0.3) is 0 Å². The van der Waals surface area contributed by atoms with E-state index in [1.165, 1.54) is 6.07 Å². The molecule has 0 fully saturated rings. The molecule has 0 bridgehead atoms. The average molecular weight is 405 g/mol. The average Bonchev–Trinajstić information content (AvgIpc) is 3.29. The number of hydrogen-bond acceptors (Lipinski definition) is 6. The second-order valence-electron chi connectivity index (χ2n) is 6.48. The van der Waals surface area contributed by atoms with Gasteiger partial charge in [0, 0.05) is 17.2 Å². The highest BCUT2D eigenvalue weighted by Gasteiger charge is 2.25. The van der Waals surface area contributed by atoms with Crippen LogP contribution in [0.15, 0.2) is 77.2 Å². The van der Waals surface area contributed by atoms with Gasteiger partial charge in [-0.3, -0.25) is 0 Å². The van der Waals surface area contributed by atoms with Gasteiger partial charge in [-0.15, -0.1) is 10.2 Å². The molecule has 0 spiro atoms. The number of aromatic nitrogens is 2. The number of hydrogen-bond donors (Lipinski definition) is 1. The van der Waals surface area contributed by atoms with Gasteiger partial charge in [0.1, 0.15) is 23.4 Å². The van der Waals surface area contributed by atoms with Gasteiger partial charge in [-0.25, -0.2) is 4.39 Å². The fourth-order valence-corrected chi connectivity index (χ4v) is 3.10. The maximum absolute atomic E-state index is 14.7. The monoisotopic (exact) mass is 405 g/mol. The molecular formula is C23H20FN3O3. The van der Waals surface area contributed by atoms with Crippen LogP contribution in [0.2, 0.25) is 0 Å². The molecule has 0 aliphatic heterocycles. The first kappa shape index (κ1) is 19.4. The summed E-state index contributed by atoms with van der Waals surface area (Å²) in [4.78, 5) is 0. The number of halogens is 1. The lowest BCUT2D eigenvalue weighted by molar-refractivity contribution is 0.395. The van der Waals surface area contributed by atoms with E-state index in [2.05, 4.69) is 15.5 Å². The zero-order chi connectivity index (χ0) is 20.9. The first-order valence-electron chi connectivity index (χ1n) is 9.31. The van der Waals surface area contributed by atoms with Crippen molar-refractivity contribution in [2.45, 2.75) is 6.04 Å². The minimum atomic E-state index is -0.724. The maximum Gasteiger partial charge on any atom is 0.247 e. The zero-order valence-corrected chi connectivity index (χ0v) is 16.5. The van der Waals surface area contributed by atoms with Crippen molar-refractivity contribution in [3.8, 4) is 23.0 Å². The molecule has 0 aliphatic carbocycles. The van der Waals surface area contributed by atoms with Crippen LogP contribution in [-0.4, -0.2) is 24.4 Å². The summed E-state index contributed by atoms with van der Waals surface area (Å²) in [5.41, 5.74) is 1.79. The van der Waals surface area contributed by atoms with E-state index in [-0.39, 0.29) is 11.7 Å². The molecular weight excluding hydrogens is 385 g/mol. The third-order valence-corrected chi connectivity index (χ3v) is 4.63. The lowest BCUT2D eigenvalue weighted by Crippen LogP contribution is -2.15. The van der Waals surface area contributed by atoms with Crippen molar-refractivity contribution in [1.29, 1.82) is 0 Å². The van der Waals surface area contributed by atoms with E-state index in [1.54, 1.807) is 50.6 Å². The Morgan fingerprint density at radius 2 is 1.67 bits per heavy atom. The van der Waals surface area contributed by atoms with Gasteiger partial charge in [-0.1, -0.05) is 36.4 Å². The van der Waals surface area contributed by atoms with Gasteiger partial charge in [-0.05, 0) is 30.3 Å². The van der Waals surface area contributed by atoms with Crippen molar-refractivity contribution in [3.63, 3.8) is 0 Å². The molecule has 0 unspecified atom stereocenters. The summed E-state index contributed by atoms with van der Waals surface area (Å²) < 4.78 is 31.3. The van der Waals surface area contributed by atoms with Crippen LogP contribution in [0.1, 0.15) is 17.5 Å². The molecule has 4 rings (SSSR count). The van der Waals surface area contributed by atoms with Crippen LogP contribution in [0.25, 0.3) is 11.5 Å². The SMILES string of the molecule is COc1ccc(N[C@@H](c2nnc(-c3ccccc3)o2)c2ccccc2F)c(OC)c1. The topological polar surface area (TPSA) is 69.4 Å². The molecule has 1 N–H and O–H groups in total. The number of methoxy groups -OCH3 is 2. The molecule has 0 radical (unpaired) electrons. The third-order valence-electron chi connectivity index (χ3n) is 4.63. The van der Waals surface area contributed by atoms with Crippen LogP contribution < -0.4 is 14.8 Å². The van der Waals surface area contributed by atoms with Crippen molar-refractivity contribution in [3.05, 3.63) is 90.1 Å².